The zero-order valence-electron chi connectivity index (χ0n) is 18.2. The molecule has 3 amide bonds. The summed E-state index contributed by atoms with van der Waals surface area (Å²) in [6.07, 6.45) is 0.811. The fourth-order valence-corrected chi connectivity index (χ4v) is 2.30. The summed E-state index contributed by atoms with van der Waals surface area (Å²) in [6, 6.07) is -1.70. The number of hydrogen-bond acceptors (Lipinski definition) is 11. The third-order valence-corrected chi connectivity index (χ3v) is 4.02. The second-order valence-corrected chi connectivity index (χ2v) is 6.60. The van der Waals surface area contributed by atoms with E-state index in [1.165, 1.54) is 0 Å². The molecule has 0 saturated carbocycles. The van der Waals surface area contributed by atoms with Crippen molar-refractivity contribution in [2.45, 2.75) is 37.8 Å². The van der Waals surface area contributed by atoms with Gasteiger partial charge in [0.2, 0.25) is 17.7 Å². The second kappa shape index (κ2) is 20.7. The average molecular weight is 465 g/mol. The number of amides is 3. The summed E-state index contributed by atoms with van der Waals surface area (Å²) in [4.78, 5) is 55.5. The molecule has 0 aliphatic heterocycles. The van der Waals surface area contributed by atoms with Crippen molar-refractivity contribution >= 4 is 24.0 Å². The van der Waals surface area contributed by atoms with E-state index in [9.17, 15) is 19.2 Å². The lowest BCUT2D eigenvalue weighted by atomic mass is 10.1. The molecule has 0 saturated heterocycles. The molecule has 0 fully saturated rings. The maximum atomic E-state index is 12.0. The molecule has 0 aromatic carbocycles. The summed E-state index contributed by atoms with van der Waals surface area (Å²) in [5, 5.41) is 7.73. The van der Waals surface area contributed by atoms with Crippen LogP contribution in [0.1, 0.15) is 25.7 Å². The smallest absolute Gasteiger partial charge is 0.237 e. The van der Waals surface area contributed by atoms with Gasteiger partial charge < -0.3 is 45.6 Å². The Morgan fingerprint density at radius 1 is 0.781 bits per heavy atom. The van der Waals surface area contributed by atoms with Gasteiger partial charge in [-0.3, -0.25) is 14.4 Å². The van der Waals surface area contributed by atoms with Crippen molar-refractivity contribution in [1.29, 1.82) is 0 Å². The standard InChI is InChI=1S/C18H36N6O8/c19-15(18(28)23-6-8-30-10-12-32-21)2-4-17(27)24-14(13-25)1-3-16(26)22-5-7-29-9-11-31-20/h13-15H,1-12,19-21H2,(H,22,26)(H,23,28)(H,24,27). The highest BCUT2D eigenvalue weighted by Crippen LogP contribution is 1.99. The van der Waals surface area contributed by atoms with Crippen molar-refractivity contribution < 1.29 is 38.3 Å². The molecule has 0 spiro atoms. The van der Waals surface area contributed by atoms with Crippen LogP contribution in [0.5, 0.6) is 0 Å². The minimum atomic E-state index is -0.882. The first-order chi connectivity index (χ1) is 15.4. The quantitative estimate of drug-likeness (QED) is 0.0558. The number of ether oxygens (including phenoxy) is 2. The van der Waals surface area contributed by atoms with Gasteiger partial charge in [0.05, 0.1) is 51.7 Å². The van der Waals surface area contributed by atoms with Crippen LogP contribution >= 0.6 is 0 Å². The van der Waals surface area contributed by atoms with E-state index in [4.69, 9.17) is 27.0 Å². The van der Waals surface area contributed by atoms with E-state index in [-0.39, 0.29) is 58.0 Å². The Hall–Kier alpha value is -2.20. The van der Waals surface area contributed by atoms with Gasteiger partial charge in [-0.1, -0.05) is 0 Å². The average Bonchev–Trinajstić information content (AvgIpc) is 2.79. The van der Waals surface area contributed by atoms with Crippen LogP contribution in [0.4, 0.5) is 0 Å². The number of carbonyl (C=O) groups excluding carboxylic acids is 4. The van der Waals surface area contributed by atoms with Crippen molar-refractivity contribution in [1.82, 2.24) is 16.0 Å². The predicted molar refractivity (Wildman–Crippen MR) is 112 cm³/mol. The highest BCUT2D eigenvalue weighted by molar-refractivity contribution is 5.84. The van der Waals surface area contributed by atoms with E-state index in [1.54, 1.807) is 0 Å². The predicted octanol–water partition coefficient (Wildman–Crippen LogP) is -3.40. The Balaban J connectivity index is 3.94. The zero-order valence-corrected chi connectivity index (χ0v) is 18.2. The molecular formula is C18H36N6O8. The summed E-state index contributed by atoms with van der Waals surface area (Å²) in [5.74, 6) is 8.56. The monoisotopic (exact) mass is 464 g/mol. The molecule has 0 heterocycles. The Bertz CT molecular complexity index is 540. The second-order valence-electron chi connectivity index (χ2n) is 6.60. The van der Waals surface area contributed by atoms with Gasteiger partial charge in [0.1, 0.15) is 6.29 Å². The first-order valence-corrected chi connectivity index (χ1v) is 10.3. The highest BCUT2D eigenvalue weighted by atomic mass is 16.6. The van der Waals surface area contributed by atoms with E-state index < -0.39 is 23.9 Å². The SMILES string of the molecule is NOCCOCCNC(=O)CCC(C=O)NC(=O)CCC(N)C(=O)NCCOCCON. The van der Waals surface area contributed by atoms with E-state index in [2.05, 4.69) is 25.6 Å². The third-order valence-electron chi connectivity index (χ3n) is 4.02. The maximum Gasteiger partial charge on any atom is 0.237 e. The molecule has 0 bridgehead atoms. The first-order valence-electron chi connectivity index (χ1n) is 10.3. The third kappa shape index (κ3) is 17.5. The number of nitrogens with two attached hydrogens (primary N) is 3. The number of hydrogen-bond donors (Lipinski definition) is 6. The molecule has 186 valence electrons. The van der Waals surface area contributed by atoms with Crippen molar-refractivity contribution in [3.05, 3.63) is 0 Å². The molecule has 2 atom stereocenters. The topological polar surface area (TPSA) is 219 Å². The van der Waals surface area contributed by atoms with E-state index in [0.717, 1.165) is 0 Å². The molecule has 9 N–H and O–H groups in total. The van der Waals surface area contributed by atoms with Crippen LogP contribution in [0, 0.1) is 0 Å². The fourth-order valence-electron chi connectivity index (χ4n) is 2.30. The van der Waals surface area contributed by atoms with Gasteiger partial charge in [-0.25, -0.2) is 11.8 Å². The molecule has 14 heteroatoms. The summed E-state index contributed by atoms with van der Waals surface area (Å²) >= 11 is 0. The van der Waals surface area contributed by atoms with E-state index >= 15 is 0 Å². The molecule has 2 unspecified atom stereocenters. The molecule has 0 rings (SSSR count). The molecule has 0 aliphatic rings. The van der Waals surface area contributed by atoms with Crippen molar-refractivity contribution in [3.8, 4) is 0 Å². The van der Waals surface area contributed by atoms with Crippen LogP contribution in [-0.4, -0.2) is 88.8 Å². The lowest BCUT2D eigenvalue weighted by Gasteiger charge is -2.15. The van der Waals surface area contributed by atoms with Gasteiger partial charge in [0.15, 0.2) is 0 Å². The van der Waals surface area contributed by atoms with Crippen LogP contribution < -0.4 is 33.5 Å². The Labute approximate surface area is 187 Å². The summed E-state index contributed by atoms with van der Waals surface area (Å²) in [5.41, 5.74) is 5.76. The highest BCUT2D eigenvalue weighted by Gasteiger charge is 2.17. The summed E-state index contributed by atoms with van der Waals surface area (Å²) in [7, 11) is 0. The van der Waals surface area contributed by atoms with E-state index in [1.807, 2.05) is 0 Å². The summed E-state index contributed by atoms with van der Waals surface area (Å²) < 4.78 is 10.3. The minimum Gasteiger partial charge on any atom is -0.377 e. The molecule has 0 radical (unpaired) electrons. The molecule has 0 aromatic rings. The maximum absolute atomic E-state index is 12.0. The molecule has 0 aliphatic carbocycles. The zero-order chi connectivity index (χ0) is 24.0. The lowest BCUT2D eigenvalue weighted by Crippen LogP contribution is -2.43. The van der Waals surface area contributed by atoms with Crippen LogP contribution in [0.25, 0.3) is 0 Å². The Kier molecular flexibility index (Phi) is 19.3. The van der Waals surface area contributed by atoms with Gasteiger partial charge in [0, 0.05) is 25.9 Å². The van der Waals surface area contributed by atoms with Crippen LogP contribution in [-0.2, 0) is 38.3 Å². The van der Waals surface area contributed by atoms with Gasteiger partial charge in [-0.15, -0.1) is 0 Å². The Morgan fingerprint density at radius 2 is 1.34 bits per heavy atom. The largest absolute Gasteiger partial charge is 0.377 e. The number of nitrogens with one attached hydrogen (secondary N) is 3. The van der Waals surface area contributed by atoms with Crippen molar-refractivity contribution in [3.63, 3.8) is 0 Å². The van der Waals surface area contributed by atoms with E-state index in [0.29, 0.717) is 32.7 Å². The van der Waals surface area contributed by atoms with Gasteiger partial charge >= 0.3 is 0 Å². The van der Waals surface area contributed by atoms with Crippen LogP contribution in [0.2, 0.25) is 0 Å². The Morgan fingerprint density at radius 3 is 1.91 bits per heavy atom. The number of carbonyl (C=O) groups is 4. The molecule has 0 aromatic heterocycles. The number of aldehydes is 1. The lowest BCUT2D eigenvalue weighted by molar-refractivity contribution is -0.126. The van der Waals surface area contributed by atoms with Gasteiger partial charge in [-0.05, 0) is 12.8 Å². The minimum absolute atomic E-state index is 0.0423. The normalized spacial score (nSPS) is 12.6. The summed E-state index contributed by atoms with van der Waals surface area (Å²) in [6.45, 7) is 2.25. The first kappa shape index (κ1) is 29.8. The molecular weight excluding hydrogens is 428 g/mol. The number of rotatable bonds is 21. The molecule has 14 nitrogen and oxygen atoms in total. The van der Waals surface area contributed by atoms with Gasteiger partial charge in [-0.2, -0.15) is 0 Å². The van der Waals surface area contributed by atoms with Crippen LogP contribution in [0.15, 0.2) is 0 Å². The van der Waals surface area contributed by atoms with Gasteiger partial charge in [0.25, 0.3) is 0 Å². The van der Waals surface area contributed by atoms with Crippen LogP contribution in [0.3, 0.4) is 0 Å². The van der Waals surface area contributed by atoms with Crippen molar-refractivity contribution in [2.24, 2.45) is 17.5 Å². The molecule has 32 heavy (non-hydrogen) atoms. The van der Waals surface area contributed by atoms with Crippen molar-refractivity contribution in [2.75, 3.05) is 52.7 Å². The fraction of sp³-hybridized carbons (Fsp3) is 0.778.